The van der Waals surface area contributed by atoms with E-state index in [1.807, 2.05) is 24.3 Å². The van der Waals surface area contributed by atoms with Gasteiger partial charge >= 0.3 is 0 Å². The maximum atomic E-state index is 13.2. The zero-order valence-corrected chi connectivity index (χ0v) is 20.0. The number of carbonyl (C=O) groups is 3. The summed E-state index contributed by atoms with van der Waals surface area (Å²) >= 11 is 0. The quantitative estimate of drug-likeness (QED) is 0.514. The van der Waals surface area contributed by atoms with E-state index in [4.69, 9.17) is 4.74 Å². The summed E-state index contributed by atoms with van der Waals surface area (Å²) in [7, 11) is 0. The molecule has 0 bridgehead atoms. The molecular weight excluding hydrogens is 444 g/mol. The number of nitrogens with zero attached hydrogens (tertiary/aromatic N) is 2. The molecule has 3 amide bonds. The standard InChI is InChI=1S/C28H26N2O5/c1-15(2)17-5-9-19(10-6-17)35-20-11-7-18(8-12-20)30-27(33)23-13-21-22(14-24(23)28(30)34)26(32)29(16(3)4)25(21)31/h5-16,25,31H,1-4H3. The molecule has 0 spiro atoms. The Morgan fingerprint density at radius 2 is 1.29 bits per heavy atom. The molecule has 1 N–H and O–H groups in total. The molecule has 3 aromatic carbocycles. The molecule has 3 aromatic rings. The van der Waals surface area contributed by atoms with Crippen LogP contribution < -0.4 is 9.64 Å². The molecule has 1 unspecified atom stereocenters. The van der Waals surface area contributed by atoms with Crippen molar-refractivity contribution in [2.75, 3.05) is 4.90 Å². The number of rotatable bonds is 5. The van der Waals surface area contributed by atoms with Gasteiger partial charge in [0.05, 0.1) is 16.8 Å². The number of hydrogen-bond acceptors (Lipinski definition) is 5. The number of amides is 3. The highest BCUT2D eigenvalue weighted by molar-refractivity contribution is 6.35. The molecule has 0 radical (unpaired) electrons. The van der Waals surface area contributed by atoms with Gasteiger partial charge in [-0.3, -0.25) is 14.4 Å². The fourth-order valence-electron chi connectivity index (χ4n) is 4.57. The first-order chi connectivity index (χ1) is 16.7. The van der Waals surface area contributed by atoms with E-state index in [0.717, 1.165) is 4.90 Å². The number of fused-ring (bicyclic) bond motifs is 2. The Bertz CT molecular complexity index is 1340. The number of hydrogen-bond donors (Lipinski definition) is 1. The second kappa shape index (κ2) is 8.36. The summed E-state index contributed by atoms with van der Waals surface area (Å²) in [5, 5.41) is 10.6. The highest BCUT2D eigenvalue weighted by Crippen LogP contribution is 2.39. The van der Waals surface area contributed by atoms with Crippen molar-refractivity contribution in [2.45, 2.75) is 45.9 Å². The smallest absolute Gasteiger partial charge is 0.266 e. The van der Waals surface area contributed by atoms with Gasteiger partial charge < -0.3 is 14.7 Å². The van der Waals surface area contributed by atoms with Crippen molar-refractivity contribution in [3.8, 4) is 11.5 Å². The second-order valence-corrected chi connectivity index (χ2v) is 9.43. The molecule has 0 fully saturated rings. The normalized spacial score (nSPS) is 17.0. The Morgan fingerprint density at radius 1 is 0.743 bits per heavy atom. The number of aliphatic hydroxyl groups excluding tert-OH is 1. The van der Waals surface area contributed by atoms with Crippen LogP contribution in [0.4, 0.5) is 5.69 Å². The minimum atomic E-state index is -1.15. The molecular formula is C28H26N2O5. The molecule has 178 valence electrons. The molecule has 5 rings (SSSR count). The number of carbonyl (C=O) groups excluding carboxylic acids is 3. The fourth-order valence-corrected chi connectivity index (χ4v) is 4.57. The maximum absolute atomic E-state index is 13.2. The zero-order valence-electron chi connectivity index (χ0n) is 20.0. The average molecular weight is 471 g/mol. The Hall–Kier alpha value is -3.97. The summed E-state index contributed by atoms with van der Waals surface area (Å²) in [4.78, 5) is 41.5. The molecule has 2 aliphatic rings. The van der Waals surface area contributed by atoms with E-state index >= 15 is 0 Å². The summed E-state index contributed by atoms with van der Waals surface area (Å²) in [5.41, 5.74) is 2.55. The Balaban J connectivity index is 1.39. The molecule has 0 saturated carbocycles. The van der Waals surface area contributed by atoms with Crippen molar-refractivity contribution in [1.82, 2.24) is 4.90 Å². The number of benzene rings is 3. The lowest BCUT2D eigenvalue weighted by atomic mass is 10.0. The van der Waals surface area contributed by atoms with E-state index in [1.54, 1.807) is 38.1 Å². The molecule has 2 heterocycles. The Labute approximate surface area is 203 Å². The molecule has 1 atom stereocenters. The molecule has 0 aromatic heterocycles. The van der Waals surface area contributed by atoms with Gasteiger partial charge in [-0.2, -0.15) is 0 Å². The number of aliphatic hydroxyl groups is 1. The van der Waals surface area contributed by atoms with E-state index in [9.17, 15) is 19.5 Å². The number of anilines is 1. The third-order valence-corrected chi connectivity index (χ3v) is 6.50. The van der Waals surface area contributed by atoms with Gasteiger partial charge in [-0.1, -0.05) is 26.0 Å². The highest BCUT2D eigenvalue weighted by Gasteiger charge is 2.43. The lowest BCUT2D eigenvalue weighted by Gasteiger charge is -2.24. The highest BCUT2D eigenvalue weighted by atomic mass is 16.5. The average Bonchev–Trinajstić information content (AvgIpc) is 3.23. The lowest BCUT2D eigenvalue weighted by molar-refractivity contribution is 0.00370. The van der Waals surface area contributed by atoms with E-state index in [0.29, 0.717) is 28.7 Å². The SMILES string of the molecule is CC(C)c1ccc(Oc2ccc(N3C(=O)c4cc5c(cc4C3=O)C(O)N(C(C)C)C5=O)cc2)cc1. The van der Waals surface area contributed by atoms with Crippen LogP contribution in [0.25, 0.3) is 0 Å². The van der Waals surface area contributed by atoms with Crippen LogP contribution in [-0.2, 0) is 0 Å². The topological polar surface area (TPSA) is 87.2 Å². The van der Waals surface area contributed by atoms with Crippen LogP contribution in [-0.4, -0.2) is 33.8 Å². The second-order valence-electron chi connectivity index (χ2n) is 9.43. The van der Waals surface area contributed by atoms with Gasteiger partial charge in [-0.25, -0.2) is 4.90 Å². The summed E-state index contributed by atoms with van der Waals surface area (Å²) in [5.74, 6) is 0.344. The zero-order chi connectivity index (χ0) is 25.0. The first-order valence-corrected chi connectivity index (χ1v) is 11.6. The largest absolute Gasteiger partial charge is 0.457 e. The van der Waals surface area contributed by atoms with Gasteiger partial charge in [0, 0.05) is 17.2 Å². The molecule has 7 nitrogen and oxygen atoms in total. The van der Waals surface area contributed by atoms with Crippen molar-refractivity contribution >= 4 is 23.4 Å². The van der Waals surface area contributed by atoms with E-state index < -0.39 is 18.0 Å². The molecule has 35 heavy (non-hydrogen) atoms. The monoisotopic (exact) mass is 470 g/mol. The van der Waals surface area contributed by atoms with Crippen LogP contribution >= 0.6 is 0 Å². The minimum absolute atomic E-state index is 0.158. The Morgan fingerprint density at radius 3 is 1.83 bits per heavy atom. The molecule has 0 saturated heterocycles. The van der Waals surface area contributed by atoms with Gasteiger partial charge in [0.25, 0.3) is 17.7 Å². The van der Waals surface area contributed by atoms with Gasteiger partial charge in [-0.05, 0) is 73.9 Å². The predicted molar refractivity (Wildman–Crippen MR) is 131 cm³/mol. The third-order valence-electron chi connectivity index (χ3n) is 6.50. The summed E-state index contributed by atoms with van der Waals surface area (Å²) in [6.45, 7) is 7.85. The van der Waals surface area contributed by atoms with Crippen molar-refractivity contribution in [1.29, 1.82) is 0 Å². The van der Waals surface area contributed by atoms with E-state index in [1.165, 1.54) is 22.6 Å². The van der Waals surface area contributed by atoms with Crippen molar-refractivity contribution in [2.24, 2.45) is 0 Å². The van der Waals surface area contributed by atoms with Crippen LogP contribution in [0.15, 0.2) is 60.7 Å². The van der Waals surface area contributed by atoms with Crippen molar-refractivity contribution in [3.63, 3.8) is 0 Å². The van der Waals surface area contributed by atoms with Crippen LogP contribution in [0.3, 0.4) is 0 Å². The first-order valence-electron chi connectivity index (χ1n) is 11.6. The summed E-state index contributed by atoms with van der Waals surface area (Å²) < 4.78 is 5.89. The molecule has 0 aliphatic carbocycles. The van der Waals surface area contributed by atoms with Gasteiger partial charge in [0.2, 0.25) is 0 Å². The van der Waals surface area contributed by atoms with Gasteiger partial charge in [0.1, 0.15) is 11.5 Å². The van der Waals surface area contributed by atoms with E-state index in [2.05, 4.69) is 13.8 Å². The fraction of sp³-hybridized carbons (Fsp3) is 0.250. The third kappa shape index (κ3) is 3.68. The Kier molecular flexibility index (Phi) is 5.44. The van der Waals surface area contributed by atoms with E-state index in [-0.39, 0.29) is 28.6 Å². The predicted octanol–water partition coefficient (Wildman–Crippen LogP) is 5.26. The van der Waals surface area contributed by atoms with Gasteiger partial charge in [0.15, 0.2) is 6.23 Å². The number of imide groups is 1. The maximum Gasteiger partial charge on any atom is 0.266 e. The van der Waals surface area contributed by atoms with Crippen LogP contribution in [0.1, 0.15) is 82.0 Å². The van der Waals surface area contributed by atoms with Crippen LogP contribution in [0, 0.1) is 0 Å². The summed E-state index contributed by atoms with van der Waals surface area (Å²) in [6, 6.07) is 17.2. The molecule has 7 heteroatoms. The van der Waals surface area contributed by atoms with Crippen LogP contribution in [0.2, 0.25) is 0 Å². The minimum Gasteiger partial charge on any atom is -0.457 e. The lowest BCUT2D eigenvalue weighted by Crippen LogP contribution is -2.34. The first kappa shape index (κ1) is 22.8. The van der Waals surface area contributed by atoms with Crippen molar-refractivity contribution in [3.05, 3.63) is 88.5 Å². The number of ether oxygens (including phenoxy) is 1. The van der Waals surface area contributed by atoms with Crippen molar-refractivity contribution < 1.29 is 24.2 Å². The summed E-state index contributed by atoms with van der Waals surface area (Å²) in [6.07, 6.45) is -1.15. The molecule has 2 aliphatic heterocycles. The van der Waals surface area contributed by atoms with Gasteiger partial charge in [-0.15, -0.1) is 0 Å². The van der Waals surface area contributed by atoms with Crippen LogP contribution in [0.5, 0.6) is 11.5 Å².